The molecule has 0 saturated heterocycles. The molecule has 0 spiro atoms. The van der Waals surface area contributed by atoms with Crippen LogP contribution in [0.15, 0.2) is 18.3 Å². The van der Waals surface area contributed by atoms with Crippen LogP contribution >= 0.6 is 0 Å². The molecule has 1 aromatic rings. The number of amides is 2. The first kappa shape index (κ1) is 15.8. The minimum atomic E-state index is -0.268. The third-order valence-corrected chi connectivity index (χ3v) is 4.14. The van der Waals surface area contributed by atoms with Crippen LogP contribution < -0.4 is 5.32 Å². The van der Waals surface area contributed by atoms with Gasteiger partial charge in [0.05, 0.1) is 6.10 Å². The zero-order valence-corrected chi connectivity index (χ0v) is 12.9. The molecule has 0 radical (unpaired) electrons. The number of carbonyl (C=O) groups excluding carboxylic acids is 1. The Kier molecular flexibility index (Phi) is 5.56. The zero-order valence-electron chi connectivity index (χ0n) is 12.9. The maximum Gasteiger partial charge on any atom is 0.317 e. The van der Waals surface area contributed by atoms with Gasteiger partial charge < -0.3 is 15.3 Å². The van der Waals surface area contributed by atoms with Crippen molar-refractivity contribution in [1.82, 2.24) is 15.2 Å². The highest BCUT2D eigenvalue weighted by atomic mass is 16.3. The molecular weight excluding hydrogens is 266 g/mol. The lowest BCUT2D eigenvalue weighted by molar-refractivity contribution is 0.0565. The summed E-state index contributed by atoms with van der Waals surface area (Å²) in [6.07, 6.45) is 5.60. The molecule has 0 bridgehead atoms. The highest BCUT2D eigenvalue weighted by molar-refractivity contribution is 5.73. The Balaban J connectivity index is 1.78. The quantitative estimate of drug-likeness (QED) is 0.892. The number of aromatic nitrogens is 1. The van der Waals surface area contributed by atoms with Crippen LogP contribution in [-0.2, 0) is 6.54 Å². The molecule has 5 nitrogen and oxygen atoms in total. The van der Waals surface area contributed by atoms with Crippen LogP contribution in [0.1, 0.15) is 36.9 Å². The van der Waals surface area contributed by atoms with E-state index in [0.717, 1.165) is 36.9 Å². The molecule has 1 fully saturated rings. The van der Waals surface area contributed by atoms with Crippen molar-refractivity contribution in [3.05, 3.63) is 29.6 Å². The minimum absolute atomic E-state index is 0.103. The molecule has 5 heteroatoms. The van der Waals surface area contributed by atoms with Gasteiger partial charge >= 0.3 is 6.03 Å². The summed E-state index contributed by atoms with van der Waals surface area (Å²) in [6, 6.07) is 3.80. The third-order valence-electron chi connectivity index (χ3n) is 4.14. The number of aryl methyl sites for hydroxylation is 1. The van der Waals surface area contributed by atoms with Crippen LogP contribution in [0.5, 0.6) is 0 Å². The van der Waals surface area contributed by atoms with Crippen LogP contribution in [0.4, 0.5) is 4.79 Å². The van der Waals surface area contributed by atoms with Gasteiger partial charge in [-0.25, -0.2) is 4.79 Å². The van der Waals surface area contributed by atoms with E-state index in [9.17, 15) is 9.90 Å². The van der Waals surface area contributed by atoms with Crippen molar-refractivity contribution in [2.75, 3.05) is 13.6 Å². The first-order chi connectivity index (χ1) is 10.1. The van der Waals surface area contributed by atoms with E-state index in [2.05, 4.69) is 10.3 Å². The predicted octanol–water partition coefficient (Wildman–Crippen LogP) is 2.08. The molecule has 1 saturated carbocycles. The van der Waals surface area contributed by atoms with Gasteiger partial charge in [0.1, 0.15) is 0 Å². The van der Waals surface area contributed by atoms with E-state index >= 15 is 0 Å². The molecule has 1 aliphatic carbocycles. The van der Waals surface area contributed by atoms with E-state index in [0.29, 0.717) is 13.1 Å². The van der Waals surface area contributed by atoms with Crippen molar-refractivity contribution < 1.29 is 9.90 Å². The Labute approximate surface area is 126 Å². The van der Waals surface area contributed by atoms with Crippen LogP contribution in [0.2, 0.25) is 0 Å². The highest BCUT2D eigenvalue weighted by Crippen LogP contribution is 2.24. The third kappa shape index (κ3) is 4.70. The Morgan fingerprint density at radius 2 is 2.19 bits per heavy atom. The van der Waals surface area contributed by atoms with Gasteiger partial charge in [0, 0.05) is 37.9 Å². The average molecular weight is 291 g/mol. The number of aliphatic hydroxyl groups excluding tert-OH is 1. The molecule has 2 atom stereocenters. The van der Waals surface area contributed by atoms with Gasteiger partial charge in [-0.1, -0.05) is 18.9 Å². The summed E-state index contributed by atoms with van der Waals surface area (Å²) in [6.45, 7) is 3.02. The lowest BCUT2D eigenvalue weighted by Gasteiger charge is -2.31. The number of nitrogens with one attached hydrogen (secondary N) is 1. The molecule has 0 aromatic carbocycles. The van der Waals surface area contributed by atoms with Gasteiger partial charge in [-0.3, -0.25) is 4.98 Å². The number of rotatable bonds is 4. The topological polar surface area (TPSA) is 65.5 Å². The molecule has 21 heavy (non-hydrogen) atoms. The Hall–Kier alpha value is -1.62. The Bertz CT molecular complexity index is 461. The molecule has 2 amide bonds. The van der Waals surface area contributed by atoms with E-state index in [-0.39, 0.29) is 18.1 Å². The lowest BCUT2D eigenvalue weighted by atomic mass is 9.86. The van der Waals surface area contributed by atoms with Crippen molar-refractivity contribution in [1.29, 1.82) is 0 Å². The second-order valence-corrected chi connectivity index (χ2v) is 5.96. The number of aliphatic hydroxyl groups is 1. The maximum absolute atomic E-state index is 12.1. The minimum Gasteiger partial charge on any atom is -0.393 e. The number of pyridine rings is 1. The van der Waals surface area contributed by atoms with Gasteiger partial charge in [0.2, 0.25) is 0 Å². The first-order valence-corrected chi connectivity index (χ1v) is 7.65. The molecule has 1 aliphatic rings. The Morgan fingerprint density at radius 1 is 1.43 bits per heavy atom. The molecule has 1 heterocycles. The van der Waals surface area contributed by atoms with Crippen molar-refractivity contribution >= 4 is 6.03 Å². The summed E-state index contributed by atoms with van der Waals surface area (Å²) in [5.41, 5.74) is 1.95. The number of urea groups is 1. The van der Waals surface area contributed by atoms with E-state index in [1.165, 1.54) is 0 Å². The predicted molar refractivity (Wildman–Crippen MR) is 81.8 cm³/mol. The zero-order chi connectivity index (χ0) is 15.2. The second-order valence-electron chi connectivity index (χ2n) is 5.96. The van der Waals surface area contributed by atoms with Crippen molar-refractivity contribution in [3.63, 3.8) is 0 Å². The summed E-state index contributed by atoms with van der Waals surface area (Å²) in [4.78, 5) is 18.0. The van der Waals surface area contributed by atoms with Gasteiger partial charge in [-0.2, -0.15) is 0 Å². The SMILES string of the molecule is Cc1ccc(CNC(=O)N(C)C[C@@H]2CCCC[C@H]2O)cn1. The monoisotopic (exact) mass is 291 g/mol. The number of carbonyl (C=O) groups is 1. The van der Waals surface area contributed by atoms with Crippen LogP contribution in [0.3, 0.4) is 0 Å². The summed E-state index contributed by atoms with van der Waals surface area (Å²) >= 11 is 0. The number of hydrogen-bond acceptors (Lipinski definition) is 3. The second kappa shape index (κ2) is 7.41. The molecule has 1 aromatic heterocycles. The molecule has 116 valence electrons. The summed E-state index contributed by atoms with van der Waals surface area (Å²) in [5.74, 6) is 0.204. The van der Waals surface area contributed by atoms with Gasteiger partial charge in [-0.05, 0) is 31.4 Å². The van der Waals surface area contributed by atoms with Crippen molar-refractivity contribution in [3.8, 4) is 0 Å². The Morgan fingerprint density at radius 3 is 2.86 bits per heavy atom. The van der Waals surface area contributed by atoms with Crippen LogP contribution in [-0.4, -0.2) is 40.7 Å². The summed E-state index contributed by atoms with van der Waals surface area (Å²) < 4.78 is 0. The fraction of sp³-hybridized carbons (Fsp3) is 0.625. The van der Waals surface area contributed by atoms with Crippen LogP contribution in [0, 0.1) is 12.8 Å². The van der Waals surface area contributed by atoms with E-state index < -0.39 is 0 Å². The van der Waals surface area contributed by atoms with Gasteiger partial charge in [0.15, 0.2) is 0 Å². The van der Waals surface area contributed by atoms with Crippen molar-refractivity contribution in [2.24, 2.45) is 5.92 Å². The first-order valence-electron chi connectivity index (χ1n) is 7.65. The number of nitrogens with zero attached hydrogens (tertiary/aromatic N) is 2. The maximum atomic E-state index is 12.1. The number of hydrogen-bond donors (Lipinski definition) is 2. The standard InChI is InChI=1S/C16H25N3O2/c1-12-7-8-13(9-17-12)10-18-16(21)19(2)11-14-5-3-4-6-15(14)20/h7-9,14-15,20H,3-6,10-11H2,1-2H3,(H,18,21)/t14-,15+/m0/s1. The van der Waals surface area contributed by atoms with E-state index in [1.54, 1.807) is 18.1 Å². The highest BCUT2D eigenvalue weighted by Gasteiger charge is 2.25. The molecular formula is C16H25N3O2. The molecule has 0 aliphatic heterocycles. The molecule has 2 rings (SSSR count). The average Bonchev–Trinajstić information content (AvgIpc) is 2.48. The van der Waals surface area contributed by atoms with Gasteiger partial charge in [0.25, 0.3) is 0 Å². The summed E-state index contributed by atoms with van der Waals surface area (Å²) in [5, 5.41) is 12.9. The summed E-state index contributed by atoms with van der Waals surface area (Å²) in [7, 11) is 1.78. The fourth-order valence-corrected chi connectivity index (χ4v) is 2.75. The largest absolute Gasteiger partial charge is 0.393 e. The van der Waals surface area contributed by atoms with Crippen molar-refractivity contribution in [2.45, 2.75) is 45.3 Å². The fourth-order valence-electron chi connectivity index (χ4n) is 2.75. The van der Waals surface area contributed by atoms with E-state index in [4.69, 9.17) is 0 Å². The van der Waals surface area contributed by atoms with Gasteiger partial charge in [-0.15, -0.1) is 0 Å². The molecule has 0 unspecified atom stereocenters. The van der Waals surface area contributed by atoms with Crippen LogP contribution in [0.25, 0.3) is 0 Å². The smallest absolute Gasteiger partial charge is 0.317 e. The van der Waals surface area contributed by atoms with E-state index in [1.807, 2.05) is 19.1 Å². The molecule has 2 N–H and O–H groups in total. The lowest BCUT2D eigenvalue weighted by Crippen LogP contribution is -2.42. The normalized spacial score (nSPS) is 21.9.